The minimum Gasteiger partial charge on any atom is -0.396 e. The van der Waals surface area contributed by atoms with E-state index in [1.165, 1.54) is 0 Å². The Labute approximate surface area is 74.1 Å². The molecule has 1 rings (SSSR count). The lowest BCUT2D eigenvalue weighted by atomic mass is 9.88. The fourth-order valence-corrected chi connectivity index (χ4v) is 1.85. The van der Waals surface area contributed by atoms with Gasteiger partial charge in [0.2, 0.25) is 0 Å². The van der Waals surface area contributed by atoms with Crippen molar-refractivity contribution in [1.82, 2.24) is 5.32 Å². The average Bonchev–Trinajstić information content (AvgIpc) is 2.32. The van der Waals surface area contributed by atoms with Gasteiger partial charge in [0.15, 0.2) is 0 Å². The van der Waals surface area contributed by atoms with Crippen LogP contribution in [0, 0.1) is 0 Å². The Bertz CT molecular complexity index is 120. The highest BCUT2D eigenvalue weighted by Gasteiger charge is 2.28. The molecule has 0 saturated carbocycles. The van der Waals surface area contributed by atoms with Gasteiger partial charge in [0.25, 0.3) is 0 Å². The minimum atomic E-state index is 0.130. The number of hydrogen-bond acceptors (Lipinski definition) is 3. The van der Waals surface area contributed by atoms with Crippen LogP contribution in [-0.4, -0.2) is 37.5 Å². The molecular weight excluding hydrogens is 154 g/mol. The van der Waals surface area contributed by atoms with Crippen molar-refractivity contribution in [1.29, 1.82) is 0 Å². The molecule has 72 valence electrons. The van der Waals surface area contributed by atoms with Crippen molar-refractivity contribution < 1.29 is 9.84 Å². The van der Waals surface area contributed by atoms with Crippen molar-refractivity contribution in [2.24, 2.45) is 0 Å². The van der Waals surface area contributed by atoms with Crippen molar-refractivity contribution in [3.8, 4) is 0 Å². The summed E-state index contributed by atoms with van der Waals surface area (Å²) >= 11 is 0. The molecule has 0 aliphatic carbocycles. The minimum absolute atomic E-state index is 0.130. The molecule has 0 amide bonds. The van der Waals surface area contributed by atoms with Crippen LogP contribution in [0.15, 0.2) is 0 Å². The van der Waals surface area contributed by atoms with Gasteiger partial charge < -0.3 is 15.2 Å². The zero-order valence-electron chi connectivity index (χ0n) is 7.81. The Morgan fingerprint density at radius 1 is 1.42 bits per heavy atom. The second kappa shape index (κ2) is 4.80. The maximum absolute atomic E-state index is 8.93. The van der Waals surface area contributed by atoms with E-state index in [0.29, 0.717) is 0 Å². The number of hydrogen-bond donors (Lipinski definition) is 2. The normalized spacial score (nSPS) is 31.5. The number of nitrogens with one attached hydrogen (secondary N) is 1. The molecule has 1 aliphatic heterocycles. The first kappa shape index (κ1) is 9.96. The van der Waals surface area contributed by atoms with E-state index in [4.69, 9.17) is 9.84 Å². The first-order valence-corrected chi connectivity index (χ1v) is 4.70. The quantitative estimate of drug-likeness (QED) is 0.654. The van der Waals surface area contributed by atoms with E-state index in [9.17, 15) is 0 Å². The molecule has 0 aromatic heterocycles. The van der Waals surface area contributed by atoms with Crippen LogP contribution in [0.4, 0.5) is 0 Å². The van der Waals surface area contributed by atoms with Gasteiger partial charge in [0.1, 0.15) is 0 Å². The summed E-state index contributed by atoms with van der Waals surface area (Å²) in [5.74, 6) is 0. The largest absolute Gasteiger partial charge is 0.396 e. The van der Waals surface area contributed by atoms with Crippen LogP contribution in [0.25, 0.3) is 0 Å². The summed E-state index contributed by atoms with van der Waals surface area (Å²) in [6.07, 6.45) is 4.07. The molecular formula is C9H19NO2. The lowest BCUT2D eigenvalue weighted by Gasteiger charge is -2.31. The van der Waals surface area contributed by atoms with Crippen molar-refractivity contribution in [3.63, 3.8) is 0 Å². The lowest BCUT2D eigenvalue weighted by molar-refractivity contribution is 0.132. The van der Waals surface area contributed by atoms with Gasteiger partial charge in [-0.1, -0.05) is 0 Å². The zero-order valence-corrected chi connectivity index (χ0v) is 7.81. The number of aliphatic hydroxyl groups is 1. The van der Waals surface area contributed by atoms with Crippen LogP contribution >= 0.6 is 0 Å². The molecule has 12 heavy (non-hydrogen) atoms. The molecule has 1 saturated heterocycles. The molecule has 0 spiro atoms. The highest BCUT2D eigenvalue weighted by Crippen LogP contribution is 2.23. The Kier molecular flexibility index (Phi) is 3.98. The molecule has 1 fully saturated rings. The summed E-state index contributed by atoms with van der Waals surface area (Å²) < 4.78 is 5.38. The van der Waals surface area contributed by atoms with Crippen LogP contribution < -0.4 is 5.32 Å². The number of aliphatic hydroxyl groups excluding tert-OH is 1. The van der Waals surface area contributed by atoms with E-state index < -0.39 is 0 Å². The van der Waals surface area contributed by atoms with E-state index >= 15 is 0 Å². The van der Waals surface area contributed by atoms with Crippen molar-refractivity contribution >= 4 is 0 Å². The molecule has 0 aromatic rings. The van der Waals surface area contributed by atoms with E-state index in [0.717, 1.165) is 38.9 Å². The van der Waals surface area contributed by atoms with Crippen molar-refractivity contribution in [2.75, 3.05) is 26.9 Å². The molecule has 2 N–H and O–H groups in total. The van der Waals surface area contributed by atoms with E-state index in [2.05, 4.69) is 5.32 Å². The summed E-state index contributed by atoms with van der Waals surface area (Å²) in [5.41, 5.74) is 0.130. The summed E-state index contributed by atoms with van der Waals surface area (Å²) in [6, 6.07) is 0. The van der Waals surface area contributed by atoms with Crippen LogP contribution in [0.5, 0.6) is 0 Å². The number of rotatable bonds is 3. The molecule has 1 heterocycles. The molecule has 0 aromatic carbocycles. The third kappa shape index (κ3) is 2.44. The SMILES string of the molecule is CNC1(CCO)CCCOCC1. The van der Waals surface area contributed by atoms with Gasteiger partial charge in [-0.05, 0) is 32.7 Å². The predicted octanol–water partition coefficient (Wildman–Crippen LogP) is 0.527. The molecule has 0 radical (unpaired) electrons. The first-order valence-electron chi connectivity index (χ1n) is 4.70. The van der Waals surface area contributed by atoms with Gasteiger partial charge >= 0.3 is 0 Å². The van der Waals surface area contributed by atoms with Crippen molar-refractivity contribution in [2.45, 2.75) is 31.2 Å². The Hall–Kier alpha value is -0.120. The molecule has 3 nitrogen and oxygen atoms in total. The van der Waals surface area contributed by atoms with Gasteiger partial charge in [0, 0.05) is 25.4 Å². The van der Waals surface area contributed by atoms with E-state index in [1.54, 1.807) is 0 Å². The average molecular weight is 173 g/mol. The smallest absolute Gasteiger partial charge is 0.0483 e. The Morgan fingerprint density at radius 2 is 2.25 bits per heavy atom. The Morgan fingerprint density at radius 3 is 2.92 bits per heavy atom. The maximum Gasteiger partial charge on any atom is 0.0483 e. The predicted molar refractivity (Wildman–Crippen MR) is 48.2 cm³/mol. The lowest BCUT2D eigenvalue weighted by Crippen LogP contribution is -2.43. The molecule has 3 heteroatoms. The summed E-state index contributed by atoms with van der Waals surface area (Å²) in [6.45, 7) is 1.95. The zero-order chi connectivity index (χ0) is 8.86. The highest BCUT2D eigenvalue weighted by atomic mass is 16.5. The molecule has 1 atom stereocenters. The fraction of sp³-hybridized carbons (Fsp3) is 1.00. The molecule has 1 aliphatic rings. The first-order chi connectivity index (χ1) is 5.83. The maximum atomic E-state index is 8.93. The standard InChI is InChI=1S/C9H19NO2/c1-10-9(4-6-11)3-2-7-12-8-5-9/h10-11H,2-8H2,1H3. The molecule has 1 unspecified atom stereocenters. The van der Waals surface area contributed by atoms with E-state index in [-0.39, 0.29) is 12.1 Å². The van der Waals surface area contributed by atoms with Crippen LogP contribution in [0.3, 0.4) is 0 Å². The Balaban J connectivity index is 2.48. The van der Waals surface area contributed by atoms with Crippen LogP contribution in [0.1, 0.15) is 25.7 Å². The third-order valence-electron chi connectivity index (χ3n) is 2.79. The van der Waals surface area contributed by atoms with Crippen LogP contribution in [0.2, 0.25) is 0 Å². The van der Waals surface area contributed by atoms with Crippen molar-refractivity contribution in [3.05, 3.63) is 0 Å². The monoisotopic (exact) mass is 173 g/mol. The second-order valence-corrected chi connectivity index (χ2v) is 3.47. The van der Waals surface area contributed by atoms with E-state index in [1.807, 2.05) is 7.05 Å². The van der Waals surface area contributed by atoms with Crippen LogP contribution in [-0.2, 0) is 4.74 Å². The fourth-order valence-electron chi connectivity index (χ4n) is 1.85. The summed E-state index contributed by atoms with van der Waals surface area (Å²) in [5, 5.41) is 12.2. The van der Waals surface area contributed by atoms with Gasteiger partial charge in [-0.2, -0.15) is 0 Å². The summed E-state index contributed by atoms with van der Waals surface area (Å²) in [4.78, 5) is 0. The van der Waals surface area contributed by atoms with Gasteiger partial charge in [-0.25, -0.2) is 0 Å². The van der Waals surface area contributed by atoms with Gasteiger partial charge in [-0.15, -0.1) is 0 Å². The second-order valence-electron chi connectivity index (χ2n) is 3.47. The third-order valence-corrected chi connectivity index (χ3v) is 2.79. The highest BCUT2D eigenvalue weighted by molar-refractivity contribution is 4.87. The summed E-state index contributed by atoms with van der Waals surface area (Å²) in [7, 11) is 1.97. The van der Waals surface area contributed by atoms with Gasteiger partial charge in [-0.3, -0.25) is 0 Å². The number of ether oxygens (including phenoxy) is 1. The topological polar surface area (TPSA) is 41.5 Å². The molecule has 0 bridgehead atoms. The van der Waals surface area contributed by atoms with Gasteiger partial charge in [0.05, 0.1) is 0 Å².